The van der Waals surface area contributed by atoms with Crippen LogP contribution in [0.3, 0.4) is 0 Å². The molecule has 15 heavy (non-hydrogen) atoms. The molecule has 0 bridgehead atoms. The molecule has 0 N–H and O–H groups in total. The van der Waals surface area contributed by atoms with E-state index in [1.54, 1.807) is 0 Å². The van der Waals surface area contributed by atoms with Gasteiger partial charge in [-0.3, -0.25) is 9.59 Å². The first-order valence-corrected chi connectivity index (χ1v) is 5.75. The van der Waals surface area contributed by atoms with Crippen molar-refractivity contribution >= 4 is 35.1 Å². The molecule has 0 aliphatic heterocycles. The van der Waals surface area contributed by atoms with E-state index < -0.39 is 11.9 Å². The second-order valence-corrected chi connectivity index (χ2v) is 3.79. The van der Waals surface area contributed by atoms with Gasteiger partial charge in [0, 0.05) is 0 Å². The van der Waals surface area contributed by atoms with E-state index >= 15 is 0 Å². The van der Waals surface area contributed by atoms with Gasteiger partial charge in [0.25, 0.3) is 0 Å². The van der Waals surface area contributed by atoms with Crippen LogP contribution in [0.15, 0.2) is 0 Å². The Balaban J connectivity index is 2.42. The molecule has 1 rings (SSSR count). The number of hydrogen-bond acceptors (Lipinski definition) is 4. The molecule has 0 heterocycles. The highest BCUT2D eigenvalue weighted by Crippen LogP contribution is 2.25. The van der Waals surface area contributed by atoms with Crippen LogP contribution in [0, 0.1) is 0 Å². The van der Waals surface area contributed by atoms with Crippen molar-refractivity contribution in [1.82, 2.24) is 0 Å². The van der Waals surface area contributed by atoms with Crippen molar-refractivity contribution in [3.05, 3.63) is 0 Å². The van der Waals surface area contributed by atoms with E-state index in [4.69, 9.17) is 32.7 Å². The van der Waals surface area contributed by atoms with Gasteiger partial charge in [0.2, 0.25) is 0 Å². The molecule has 86 valence electrons. The quantitative estimate of drug-likeness (QED) is 0.564. The molecule has 1 saturated carbocycles. The Bertz CT molecular complexity index is 220. The SMILES string of the molecule is O=C(CCl)O[C@H]1CCC[C@@H]1OC(=O)CCl. The Kier molecular flexibility index (Phi) is 5.19. The highest BCUT2D eigenvalue weighted by Gasteiger charge is 2.33. The summed E-state index contributed by atoms with van der Waals surface area (Å²) in [4.78, 5) is 21.9. The summed E-state index contributed by atoms with van der Waals surface area (Å²) in [6.45, 7) is 0. The molecule has 0 amide bonds. The van der Waals surface area contributed by atoms with E-state index in [2.05, 4.69) is 0 Å². The van der Waals surface area contributed by atoms with Gasteiger partial charge < -0.3 is 9.47 Å². The first-order chi connectivity index (χ1) is 7.17. The highest BCUT2D eigenvalue weighted by molar-refractivity contribution is 6.26. The Morgan fingerprint density at radius 3 is 1.73 bits per heavy atom. The number of ether oxygens (including phenoxy) is 2. The van der Waals surface area contributed by atoms with Crippen molar-refractivity contribution in [3.63, 3.8) is 0 Å². The number of esters is 2. The van der Waals surface area contributed by atoms with Crippen LogP contribution in [0.1, 0.15) is 19.3 Å². The van der Waals surface area contributed by atoms with E-state index in [0.29, 0.717) is 12.8 Å². The molecule has 0 aromatic rings. The van der Waals surface area contributed by atoms with Crippen molar-refractivity contribution in [3.8, 4) is 0 Å². The van der Waals surface area contributed by atoms with Crippen LogP contribution in [0.4, 0.5) is 0 Å². The molecule has 2 atom stereocenters. The van der Waals surface area contributed by atoms with Crippen LogP contribution in [0.25, 0.3) is 0 Å². The summed E-state index contributed by atoms with van der Waals surface area (Å²) in [6, 6.07) is 0. The molecule has 0 saturated heterocycles. The fourth-order valence-corrected chi connectivity index (χ4v) is 1.69. The van der Waals surface area contributed by atoms with Crippen LogP contribution in [0.5, 0.6) is 0 Å². The molecule has 0 unspecified atom stereocenters. The van der Waals surface area contributed by atoms with Crippen molar-refractivity contribution in [2.45, 2.75) is 31.5 Å². The zero-order valence-corrected chi connectivity index (χ0v) is 9.59. The van der Waals surface area contributed by atoms with E-state index in [1.165, 1.54) is 0 Å². The van der Waals surface area contributed by atoms with Gasteiger partial charge in [-0.25, -0.2) is 0 Å². The van der Waals surface area contributed by atoms with E-state index in [1.807, 2.05) is 0 Å². The lowest BCUT2D eigenvalue weighted by atomic mass is 10.2. The van der Waals surface area contributed by atoms with Crippen molar-refractivity contribution in [1.29, 1.82) is 0 Å². The highest BCUT2D eigenvalue weighted by atomic mass is 35.5. The van der Waals surface area contributed by atoms with Crippen molar-refractivity contribution < 1.29 is 19.1 Å². The molecular formula is C9H12Cl2O4. The zero-order chi connectivity index (χ0) is 11.3. The van der Waals surface area contributed by atoms with E-state index in [0.717, 1.165) is 6.42 Å². The maximum absolute atomic E-state index is 10.9. The minimum atomic E-state index is -0.490. The fourth-order valence-electron chi connectivity index (χ4n) is 1.56. The molecular weight excluding hydrogens is 243 g/mol. The van der Waals surface area contributed by atoms with Gasteiger partial charge in [-0.1, -0.05) is 0 Å². The Hall–Kier alpha value is -0.480. The second kappa shape index (κ2) is 6.18. The first kappa shape index (κ1) is 12.6. The Morgan fingerprint density at radius 2 is 1.40 bits per heavy atom. The molecule has 0 spiro atoms. The van der Waals surface area contributed by atoms with Crippen molar-refractivity contribution in [2.24, 2.45) is 0 Å². The van der Waals surface area contributed by atoms with Crippen LogP contribution >= 0.6 is 23.2 Å². The molecule has 0 aromatic carbocycles. The number of alkyl halides is 2. The summed E-state index contributed by atoms with van der Waals surface area (Å²) >= 11 is 10.6. The average Bonchev–Trinajstić information content (AvgIpc) is 2.65. The third kappa shape index (κ3) is 3.87. The fraction of sp³-hybridized carbons (Fsp3) is 0.778. The van der Waals surface area contributed by atoms with Crippen molar-refractivity contribution in [2.75, 3.05) is 11.8 Å². The molecule has 4 nitrogen and oxygen atoms in total. The van der Waals surface area contributed by atoms with Gasteiger partial charge in [-0.15, -0.1) is 23.2 Å². The average molecular weight is 255 g/mol. The van der Waals surface area contributed by atoms with Crippen LogP contribution in [-0.2, 0) is 19.1 Å². The summed E-state index contributed by atoms with van der Waals surface area (Å²) in [5, 5.41) is 0. The minimum absolute atomic E-state index is 0.188. The molecule has 0 aromatic heterocycles. The Labute approximate surface area is 97.8 Å². The van der Waals surface area contributed by atoms with Crippen LogP contribution < -0.4 is 0 Å². The molecule has 0 radical (unpaired) electrons. The lowest BCUT2D eigenvalue weighted by Crippen LogP contribution is -2.31. The summed E-state index contributed by atoms with van der Waals surface area (Å²) < 4.78 is 10.1. The van der Waals surface area contributed by atoms with E-state index in [9.17, 15) is 9.59 Å². The number of carbonyl (C=O) groups is 2. The lowest BCUT2D eigenvalue weighted by molar-refractivity contribution is -0.161. The third-order valence-corrected chi connectivity index (χ3v) is 2.61. The van der Waals surface area contributed by atoms with E-state index in [-0.39, 0.29) is 24.0 Å². The minimum Gasteiger partial charge on any atom is -0.458 e. The molecule has 1 aliphatic rings. The van der Waals surface area contributed by atoms with Gasteiger partial charge in [0.15, 0.2) is 0 Å². The smallest absolute Gasteiger partial charge is 0.321 e. The predicted octanol–water partition coefficient (Wildman–Crippen LogP) is 1.47. The van der Waals surface area contributed by atoms with Gasteiger partial charge in [0.05, 0.1) is 0 Å². The number of hydrogen-bond donors (Lipinski definition) is 0. The maximum atomic E-state index is 10.9. The largest absolute Gasteiger partial charge is 0.458 e. The summed E-state index contributed by atoms with van der Waals surface area (Å²) in [6.07, 6.45) is 1.51. The second-order valence-electron chi connectivity index (χ2n) is 3.25. The van der Waals surface area contributed by atoms with Crippen LogP contribution in [0.2, 0.25) is 0 Å². The monoisotopic (exact) mass is 254 g/mol. The molecule has 1 fully saturated rings. The van der Waals surface area contributed by atoms with Gasteiger partial charge in [-0.05, 0) is 19.3 Å². The third-order valence-electron chi connectivity index (χ3n) is 2.18. The predicted molar refractivity (Wildman–Crippen MR) is 55.1 cm³/mol. The summed E-state index contributed by atoms with van der Waals surface area (Å²) in [5.74, 6) is -1.36. The molecule has 6 heteroatoms. The van der Waals surface area contributed by atoms with Gasteiger partial charge in [0.1, 0.15) is 24.0 Å². The summed E-state index contributed by atoms with van der Waals surface area (Å²) in [7, 11) is 0. The molecule has 1 aliphatic carbocycles. The first-order valence-electron chi connectivity index (χ1n) is 4.68. The summed E-state index contributed by atoms with van der Waals surface area (Å²) in [5.41, 5.74) is 0. The lowest BCUT2D eigenvalue weighted by Gasteiger charge is -2.19. The number of carbonyl (C=O) groups excluding carboxylic acids is 2. The standard InChI is InChI=1S/C9H12Cl2O4/c10-4-8(12)14-6-2-1-3-7(6)15-9(13)5-11/h6-7H,1-5H2/t6-,7-/m0/s1. The number of halogens is 2. The van der Waals surface area contributed by atoms with Gasteiger partial charge >= 0.3 is 11.9 Å². The number of rotatable bonds is 4. The Morgan fingerprint density at radius 1 is 1.00 bits per heavy atom. The topological polar surface area (TPSA) is 52.6 Å². The van der Waals surface area contributed by atoms with Crippen LogP contribution in [-0.4, -0.2) is 35.9 Å². The maximum Gasteiger partial charge on any atom is 0.321 e. The normalized spacial score (nSPS) is 24.9. The zero-order valence-electron chi connectivity index (χ0n) is 8.08. The van der Waals surface area contributed by atoms with Gasteiger partial charge in [-0.2, -0.15) is 0 Å².